The number of hydrogen-bond acceptors (Lipinski definition) is 6. The van der Waals surface area contributed by atoms with Gasteiger partial charge >= 0.3 is 0 Å². The topological polar surface area (TPSA) is 113 Å². The Kier molecular flexibility index (Phi) is 6.58. The van der Waals surface area contributed by atoms with Gasteiger partial charge in [0.15, 0.2) is 0 Å². The first-order valence-corrected chi connectivity index (χ1v) is 12.5. The fourth-order valence-corrected chi connectivity index (χ4v) is 5.75. The van der Waals surface area contributed by atoms with E-state index in [1.54, 1.807) is 0 Å². The number of rotatable bonds is 5. The van der Waals surface area contributed by atoms with Crippen LogP contribution in [0.3, 0.4) is 0 Å². The molecule has 162 valence electrons. The number of sulfonamides is 2. The molecule has 1 aromatic carbocycles. The van der Waals surface area contributed by atoms with Gasteiger partial charge < -0.3 is 10.1 Å². The zero-order chi connectivity index (χ0) is 21.2. The molecule has 9 nitrogen and oxygen atoms in total. The average molecular weight is 450 g/mol. The van der Waals surface area contributed by atoms with Crippen LogP contribution in [-0.2, 0) is 24.8 Å². The number of hydrogen-bond donors (Lipinski definition) is 1. The van der Waals surface area contributed by atoms with Crippen LogP contribution in [0, 0.1) is 5.82 Å². The lowest BCUT2D eigenvalue weighted by molar-refractivity contribution is 0.0730. The molecular weight excluding hydrogens is 425 g/mol. The van der Waals surface area contributed by atoms with E-state index in [0.717, 1.165) is 24.5 Å². The van der Waals surface area contributed by atoms with Crippen LogP contribution in [0.25, 0.3) is 0 Å². The summed E-state index contributed by atoms with van der Waals surface area (Å²) < 4.78 is 70.9. The fraction of sp³-hybridized carbons (Fsp3) is 0.588. The number of halogens is 1. The molecule has 0 radical (unpaired) electrons. The zero-order valence-electron chi connectivity index (χ0n) is 16.0. The second-order valence-corrected chi connectivity index (χ2v) is 11.0. The lowest BCUT2D eigenvalue weighted by atomic mass is 10.1. The Morgan fingerprint density at radius 1 is 1.14 bits per heavy atom. The summed E-state index contributed by atoms with van der Waals surface area (Å²) in [4.78, 5) is 12.4. The molecule has 29 heavy (non-hydrogen) atoms. The predicted molar refractivity (Wildman–Crippen MR) is 103 cm³/mol. The molecule has 2 aliphatic rings. The van der Waals surface area contributed by atoms with Crippen LogP contribution >= 0.6 is 0 Å². The van der Waals surface area contributed by atoms with Gasteiger partial charge in [-0.2, -0.15) is 4.31 Å². The molecule has 2 fully saturated rings. The van der Waals surface area contributed by atoms with E-state index < -0.39 is 43.4 Å². The van der Waals surface area contributed by atoms with Gasteiger partial charge in [0, 0.05) is 32.2 Å². The van der Waals surface area contributed by atoms with E-state index in [-0.39, 0.29) is 37.7 Å². The SMILES string of the molecule is CS(=O)(=O)N1CCCC(NC(=O)c2cc(S(=O)(=O)N3CCOCC3)ccc2F)C1. The first-order valence-electron chi connectivity index (χ1n) is 9.22. The van der Waals surface area contributed by atoms with Crippen molar-refractivity contribution in [2.75, 3.05) is 45.6 Å². The van der Waals surface area contributed by atoms with Crippen LogP contribution < -0.4 is 5.32 Å². The number of piperidine rings is 1. The second-order valence-electron chi connectivity index (χ2n) is 7.09. The Hall–Kier alpha value is -1.60. The summed E-state index contributed by atoms with van der Waals surface area (Å²) in [6, 6.07) is 2.62. The zero-order valence-corrected chi connectivity index (χ0v) is 17.6. The van der Waals surface area contributed by atoms with E-state index in [0.29, 0.717) is 19.4 Å². The first kappa shape index (κ1) is 22.1. The molecular formula is C17H24FN3O6S2. The maximum Gasteiger partial charge on any atom is 0.254 e. The first-order chi connectivity index (χ1) is 13.6. The van der Waals surface area contributed by atoms with Crippen molar-refractivity contribution in [3.8, 4) is 0 Å². The fourth-order valence-electron chi connectivity index (χ4n) is 3.40. The Balaban J connectivity index is 1.78. The third-order valence-corrected chi connectivity index (χ3v) is 8.14. The number of carbonyl (C=O) groups is 1. The second kappa shape index (κ2) is 8.64. The van der Waals surface area contributed by atoms with Crippen molar-refractivity contribution in [1.82, 2.24) is 13.9 Å². The lowest BCUT2D eigenvalue weighted by Crippen LogP contribution is -2.49. The number of carbonyl (C=O) groups excluding carboxylic acids is 1. The van der Waals surface area contributed by atoms with Gasteiger partial charge in [0.2, 0.25) is 20.0 Å². The molecule has 2 saturated heterocycles. The van der Waals surface area contributed by atoms with Gasteiger partial charge in [0.1, 0.15) is 5.82 Å². The van der Waals surface area contributed by atoms with Crippen LogP contribution in [0.5, 0.6) is 0 Å². The van der Waals surface area contributed by atoms with E-state index >= 15 is 0 Å². The molecule has 0 bridgehead atoms. The van der Waals surface area contributed by atoms with Crippen molar-refractivity contribution >= 4 is 26.0 Å². The maximum atomic E-state index is 14.3. The summed E-state index contributed by atoms with van der Waals surface area (Å²) in [5.74, 6) is -1.62. The normalized spacial score (nSPS) is 22.3. The monoisotopic (exact) mass is 449 g/mol. The van der Waals surface area contributed by atoms with Gasteiger partial charge in [-0.1, -0.05) is 0 Å². The van der Waals surface area contributed by atoms with Gasteiger partial charge in [0.25, 0.3) is 5.91 Å². The minimum absolute atomic E-state index is 0.0952. The molecule has 0 aliphatic carbocycles. The van der Waals surface area contributed by atoms with Crippen molar-refractivity contribution in [3.63, 3.8) is 0 Å². The van der Waals surface area contributed by atoms with Gasteiger partial charge in [-0.3, -0.25) is 4.79 Å². The Morgan fingerprint density at radius 3 is 2.48 bits per heavy atom. The highest BCUT2D eigenvalue weighted by atomic mass is 32.2. The Bertz CT molecular complexity index is 977. The molecule has 1 unspecified atom stereocenters. The molecule has 2 aliphatic heterocycles. The minimum atomic E-state index is -3.88. The molecule has 12 heteroatoms. The average Bonchev–Trinajstić information content (AvgIpc) is 2.68. The number of ether oxygens (including phenoxy) is 1. The van der Waals surface area contributed by atoms with E-state index in [1.807, 2.05) is 0 Å². The molecule has 1 N–H and O–H groups in total. The van der Waals surface area contributed by atoms with Crippen LogP contribution in [0.15, 0.2) is 23.1 Å². The summed E-state index contributed by atoms with van der Waals surface area (Å²) in [5, 5.41) is 2.62. The Morgan fingerprint density at radius 2 is 1.83 bits per heavy atom. The molecule has 1 aromatic rings. The number of amides is 1. The minimum Gasteiger partial charge on any atom is -0.379 e. The number of nitrogens with zero attached hydrogens (tertiary/aromatic N) is 2. The lowest BCUT2D eigenvalue weighted by Gasteiger charge is -2.31. The molecule has 1 amide bonds. The summed E-state index contributed by atoms with van der Waals surface area (Å²) >= 11 is 0. The third kappa shape index (κ3) is 5.12. The third-order valence-electron chi connectivity index (χ3n) is 4.98. The molecule has 0 aromatic heterocycles. The van der Waals surface area contributed by atoms with Gasteiger partial charge in [0.05, 0.1) is 29.9 Å². The van der Waals surface area contributed by atoms with E-state index in [4.69, 9.17) is 4.74 Å². The van der Waals surface area contributed by atoms with Crippen LogP contribution in [0.2, 0.25) is 0 Å². The van der Waals surface area contributed by atoms with Crippen molar-refractivity contribution < 1.29 is 30.8 Å². The molecule has 0 saturated carbocycles. The summed E-state index contributed by atoms with van der Waals surface area (Å²) in [7, 11) is -7.27. The molecule has 0 spiro atoms. The van der Waals surface area contributed by atoms with Gasteiger partial charge in [-0.05, 0) is 31.0 Å². The molecule has 2 heterocycles. The van der Waals surface area contributed by atoms with Crippen LogP contribution in [0.1, 0.15) is 23.2 Å². The van der Waals surface area contributed by atoms with E-state index in [2.05, 4.69) is 5.32 Å². The summed E-state index contributed by atoms with van der Waals surface area (Å²) in [5.41, 5.74) is -0.393. The Labute approximate surface area is 169 Å². The van der Waals surface area contributed by atoms with Crippen molar-refractivity contribution in [3.05, 3.63) is 29.6 Å². The van der Waals surface area contributed by atoms with Gasteiger partial charge in [-0.25, -0.2) is 25.5 Å². The number of nitrogens with one attached hydrogen (secondary N) is 1. The van der Waals surface area contributed by atoms with E-state index in [9.17, 15) is 26.0 Å². The van der Waals surface area contributed by atoms with Crippen molar-refractivity contribution in [2.24, 2.45) is 0 Å². The van der Waals surface area contributed by atoms with Crippen molar-refractivity contribution in [2.45, 2.75) is 23.8 Å². The quantitative estimate of drug-likeness (QED) is 0.677. The number of morpholine rings is 1. The number of benzene rings is 1. The highest BCUT2D eigenvalue weighted by molar-refractivity contribution is 7.89. The van der Waals surface area contributed by atoms with Gasteiger partial charge in [-0.15, -0.1) is 0 Å². The van der Waals surface area contributed by atoms with Crippen molar-refractivity contribution in [1.29, 1.82) is 0 Å². The molecule has 1 atom stereocenters. The largest absolute Gasteiger partial charge is 0.379 e. The van der Waals surface area contributed by atoms with Crippen LogP contribution in [-0.4, -0.2) is 83.0 Å². The highest BCUT2D eigenvalue weighted by Crippen LogP contribution is 2.21. The maximum absolute atomic E-state index is 14.3. The smallest absolute Gasteiger partial charge is 0.254 e. The standard InChI is InChI=1S/C17H24FN3O6S2/c1-28(23,24)21-6-2-3-13(12-21)19-17(22)15-11-14(4-5-16(15)18)29(25,26)20-7-9-27-10-8-20/h4-5,11,13H,2-3,6-10,12H2,1H3,(H,19,22). The molecule has 3 rings (SSSR count). The van der Waals surface area contributed by atoms with E-state index in [1.165, 1.54) is 8.61 Å². The highest BCUT2D eigenvalue weighted by Gasteiger charge is 2.30. The van der Waals surface area contributed by atoms with Crippen LogP contribution in [0.4, 0.5) is 4.39 Å². The summed E-state index contributed by atoms with van der Waals surface area (Å²) in [6.07, 6.45) is 2.20. The predicted octanol–water partition coefficient (Wildman–Crippen LogP) is 0.000400. The summed E-state index contributed by atoms with van der Waals surface area (Å²) in [6.45, 7) is 1.37.